The van der Waals surface area contributed by atoms with Crippen molar-refractivity contribution in [2.45, 2.75) is 19.4 Å². The van der Waals surface area contributed by atoms with Crippen LogP contribution in [0.5, 0.6) is 11.5 Å². The van der Waals surface area contributed by atoms with Gasteiger partial charge in [-0.15, -0.1) is 0 Å². The van der Waals surface area contributed by atoms with Crippen molar-refractivity contribution in [1.29, 1.82) is 0 Å². The zero-order valence-electron chi connectivity index (χ0n) is 13.6. The van der Waals surface area contributed by atoms with Crippen molar-refractivity contribution in [3.63, 3.8) is 0 Å². The second kappa shape index (κ2) is 7.38. The van der Waals surface area contributed by atoms with Crippen molar-refractivity contribution >= 4 is 17.3 Å². The van der Waals surface area contributed by atoms with Crippen LogP contribution < -0.4 is 20.1 Å². The molecule has 2 aromatic rings. The fourth-order valence-electron chi connectivity index (χ4n) is 2.40. The molecule has 1 amide bonds. The van der Waals surface area contributed by atoms with E-state index in [-0.39, 0.29) is 5.69 Å². The zero-order chi connectivity index (χ0) is 17.8. The maximum absolute atomic E-state index is 13.6. The Labute approximate surface area is 143 Å². The highest BCUT2D eigenvalue weighted by Crippen LogP contribution is 2.32. The lowest BCUT2D eigenvalue weighted by Crippen LogP contribution is -2.32. The highest BCUT2D eigenvalue weighted by atomic mass is 19.1. The first-order chi connectivity index (χ1) is 12.0. The van der Waals surface area contributed by atoms with Crippen molar-refractivity contribution in [2.24, 2.45) is 0 Å². The van der Waals surface area contributed by atoms with Gasteiger partial charge in [0.25, 0.3) is 0 Å². The summed E-state index contributed by atoms with van der Waals surface area (Å²) in [5.41, 5.74) is 0.462. The summed E-state index contributed by atoms with van der Waals surface area (Å²) < 4.78 is 37.9. The van der Waals surface area contributed by atoms with Crippen LogP contribution in [0.2, 0.25) is 0 Å². The summed E-state index contributed by atoms with van der Waals surface area (Å²) in [7, 11) is 0. The average molecular weight is 348 g/mol. The first-order valence-corrected chi connectivity index (χ1v) is 7.95. The minimum absolute atomic E-state index is 0.197. The van der Waals surface area contributed by atoms with Crippen LogP contribution in [-0.4, -0.2) is 25.2 Å². The lowest BCUT2D eigenvalue weighted by Gasteiger charge is -2.17. The molecule has 1 heterocycles. The van der Waals surface area contributed by atoms with Gasteiger partial charge >= 0.3 is 0 Å². The molecule has 1 atom stereocenters. The van der Waals surface area contributed by atoms with Gasteiger partial charge < -0.3 is 20.1 Å². The largest absolute Gasteiger partial charge is 0.490 e. The van der Waals surface area contributed by atoms with Crippen LogP contribution in [-0.2, 0) is 4.79 Å². The molecular weight excluding hydrogens is 330 g/mol. The third-order valence-electron chi connectivity index (χ3n) is 3.71. The van der Waals surface area contributed by atoms with Gasteiger partial charge in [0, 0.05) is 24.2 Å². The molecule has 0 radical (unpaired) electrons. The van der Waals surface area contributed by atoms with Crippen LogP contribution in [0.3, 0.4) is 0 Å². The van der Waals surface area contributed by atoms with Gasteiger partial charge in [-0.1, -0.05) is 0 Å². The lowest BCUT2D eigenvalue weighted by molar-refractivity contribution is -0.116. The van der Waals surface area contributed by atoms with Gasteiger partial charge in [0.1, 0.15) is 17.7 Å². The molecule has 0 fully saturated rings. The van der Waals surface area contributed by atoms with Crippen LogP contribution in [0, 0.1) is 11.6 Å². The smallest absolute Gasteiger partial charge is 0.246 e. The number of fused-ring (bicyclic) bond motifs is 1. The third kappa shape index (κ3) is 4.17. The van der Waals surface area contributed by atoms with Gasteiger partial charge in [0.2, 0.25) is 5.91 Å². The Morgan fingerprint density at radius 1 is 1.08 bits per heavy atom. The highest BCUT2D eigenvalue weighted by molar-refractivity contribution is 5.96. The number of carbonyl (C=O) groups excluding carboxylic acids is 1. The predicted molar refractivity (Wildman–Crippen MR) is 90.1 cm³/mol. The summed E-state index contributed by atoms with van der Waals surface area (Å²) in [6, 6.07) is 7.49. The summed E-state index contributed by atoms with van der Waals surface area (Å²) in [6.07, 6.45) is 0.801. The highest BCUT2D eigenvalue weighted by Gasteiger charge is 2.17. The fraction of sp³-hybridized carbons (Fsp3) is 0.278. The molecule has 0 saturated heterocycles. The Bertz CT molecular complexity index is 783. The Balaban J connectivity index is 1.67. The molecule has 25 heavy (non-hydrogen) atoms. The molecule has 3 rings (SSSR count). The van der Waals surface area contributed by atoms with E-state index in [9.17, 15) is 13.6 Å². The molecule has 7 heteroatoms. The van der Waals surface area contributed by atoms with Gasteiger partial charge in [-0.2, -0.15) is 0 Å². The van der Waals surface area contributed by atoms with E-state index in [1.807, 2.05) is 0 Å². The van der Waals surface area contributed by atoms with Crippen LogP contribution >= 0.6 is 0 Å². The first kappa shape index (κ1) is 17.0. The standard InChI is InChI=1S/C18H18F2N2O3/c1-11(18(23)22-15-9-12(19)3-5-14(15)20)21-13-4-6-16-17(10-13)25-8-2-7-24-16/h3-6,9-11,21H,2,7-8H2,1H3,(H,22,23). The molecule has 1 aliphatic heterocycles. The van der Waals surface area contributed by atoms with Gasteiger partial charge in [-0.3, -0.25) is 4.79 Å². The van der Waals surface area contributed by atoms with Crippen molar-refractivity contribution in [1.82, 2.24) is 0 Å². The molecule has 0 bridgehead atoms. The maximum atomic E-state index is 13.6. The van der Waals surface area contributed by atoms with Crippen molar-refractivity contribution in [2.75, 3.05) is 23.8 Å². The predicted octanol–water partition coefficient (Wildman–Crippen LogP) is 3.57. The normalized spacial score (nSPS) is 14.4. The topological polar surface area (TPSA) is 59.6 Å². The van der Waals surface area contributed by atoms with Gasteiger partial charge in [0.15, 0.2) is 11.5 Å². The van der Waals surface area contributed by atoms with Gasteiger partial charge in [-0.05, 0) is 31.2 Å². The van der Waals surface area contributed by atoms with E-state index in [0.29, 0.717) is 30.4 Å². The summed E-state index contributed by atoms with van der Waals surface area (Å²) >= 11 is 0. The Morgan fingerprint density at radius 2 is 1.84 bits per heavy atom. The van der Waals surface area contributed by atoms with E-state index >= 15 is 0 Å². The van der Waals surface area contributed by atoms with Crippen molar-refractivity contribution < 1.29 is 23.0 Å². The summed E-state index contributed by atoms with van der Waals surface area (Å²) in [5.74, 6) is -0.553. The van der Waals surface area contributed by atoms with Gasteiger partial charge in [0.05, 0.1) is 18.9 Å². The van der Waals surface area contributed by atoms with Gasteiger partial charge in [-0.25, -0.2) is 8.78 Å². The van der Waals surface area contributed by atoms with Crippen LogP contribution in [0.4, 0.5) is 20.2 Å². The maximum Gasteiger partial charge on any atom is 0.246 e. The molecule has 1 unspecified atom stereocenters. The quantitative estimate of drug-likeness (QED) is 0.887. The van der Waals surface area contributed by atoms with Crippen LogP contribution in [0.25, 0.3) is 0 Å². The molecule has 2 aromatic carbocycles. The summed E-state index contributed by atoms with van der Waals surface area (Å²) in [5, 5.41) is 5.37. The average Bonchev–Trinajstić information content (AvgIpc) is 2.83. The zero-order valence-corrected chi connectivity index (χ0v) is 13.6. The molecule has 2 N–H and O–H groups in total. The number of hydrogen-bond acceptors (Lipinski definition) is 4. The van der Waals surface area contributed by atoms with E-state index in [1.165, 1.54) is 0 Å². The van der Waals surface area contributed by atoms with Crippen LogP contribution in [0.1, 0.15) is 13.3 Å². The number of hydrogen-bond donors (Lipinski definition) is 2. The molecule has 132 valence electrons. The fourth-order valence-corrected chi connectivity index (χ4v) is 2.40. The number of rotatable bonds is 4. The summed E-state index contributed by atoms with van der Waals surface area (Å²) in [6.45, 7) is 2.78. The molecule has 0 saturated carbocycles. The second-order valence-electron chi connectivity index (χ2n) is 5.69. The number of ether oxygens (including phenoxy) is 2. The molecule has 0 aliphatic carbocycles. The lowest BCUT2D eigenvalue weighted by atomic mass is 10.2. The SMILES string of the molecule is CC(Nc1ccc2c(c1)OCCCO2)C(=O)Nc1cc(F)ccc1F. The molecule has 0 aromatic heterocycles. The number of nitrogens with one attached hydrogen (secondary N) is 2. The first-order valence-electron chi connectivity index (χ1n) is 7.95. The monoisotopic (exact) mass is 348 g/mol. The van der Waals surface area contributed by atoms with Crippen molar-refractivity contribution in [3.8, 4) is 11.5 Å². The minimum Gasteiger partial charge on any atom is -0.490 e. The van der Waals surface area contributed by atoms with Crippen LogP contribution in [0.15, 0.2) is 36.4 Å². The second-order valence-corrected chi connectivity index (χ2v) is 5.69. The molecule has 5 nitrogen and oxygen atoms in total. The van der Waals surface area contributed by atoms with Crippen molar-refractivity contribution in [3.05, 3.63) is 48.0 Å². The molecule has 0 spiro atoms. The third-order valence-corrected chi connectivity index (χ3v) is 3.71. The number of benzene rings is 2. The molecule has 1 aliphatic rings. The van der Waals surface area contributed by atoms with E-state index in [1.54, 1.807) is 25.1 Å². The summed E-state index contributed by atoms with van der Waals surface area (Å²) in [4.78, 5) is 12.2. The Hall–Kier alpha value is -2.83. The minimum atomic E-state index is -0.697. The van der Waals surface area contributed by atoms with E-state index in [2.05, 4.69) is 10.6 Å². The number of amides is 1. The number of anilines is 2. The Kier molecular flexibility index (Phi) is 5.02. The number of halogens is 2. The van der Waals surface area contributed by atoms with E-state index in [4.69, 9.17) is 9.47 Å². The Morgan fingerprint density at radius 3 is 2.64 bits per heavy atom. The molecular formula is C18H18F2N2O3. The van der Waals surface area contributed by atoms with E-state index < -0.39 is 23.6 Å². The van der Waals surface area contributed by atoms with E-state index in [0.717, 1.165) is 24.6 Å². The number of carbonyl (C=O) groups is 1.